The lowest BCUT2D eigenvalue weighted by molar-refractivity contribution is -0.141. The Bertz CT molecular complexity index is 1460. The summed E-state index contributed by atoms with van der Waals surface area (Å²) in [4.78, 5) is 12.2. The van der Waals surface area contributed by atoms with Crippen molar-refractivity contribution in [1.82, 2.24) is 29.9 Å². The van der Waals surface area contributed by atoms with E-state index in [-0.39, 0.29) is 18.4 Å². The molecular formula is C25H24F3N7O2. The predicted molar refractivity (Wildman–Crippen MR) is 129 cm³/mol. The first-order chi connectivity index (χ1) is 17.7. The molecule has 2 N–H and O–H groups in total. The first kappa shape index (κ1) is 23.6. The number of aryl methyl sites for hydroxylation is 2. The fraction of sp³-hybridized carbons (Fsp3) is 0.360. The van der Waals surface area contributed by atoms with Crippen molar-refractivity contribution in [3.8, 4) is 16.9 Å². The molecule has 2 saturated heterocycles. The third-order valence-corrected chi connectivity index (χ3v) is 6.57. The van der Waals surface area contributed by atoms with Crippen LogP contribution in [-0.2, 0) is 10.9 Å². The van der Waals surface area contributed by atoms with Crippen molar-refractivity contribution in [2.45, 2.75) is 38.1 Å². The van der Waals surface area contributed by atoms with Gasteiger partial charge in [-0.2, -0.15) is 18.3 Å². The Kier molecular flexibility index (Phi) is 5.53. The summed E-state index contributed by atoms with van der Waals surface area (Å²) in [6.07, 6.45) is -0.959. The van der Waals surface area contributed by atoms with Crippen LogP contribution in [-0.4, -0.2) is 56.0 Å². The van der Waals surface area contributed by atoms with Gasteiger partial charge in [0, 0.05) is 42.2 Å². The molecule has 0 amide bonds. The van der Waals surface area contributed by atoms with Gasteiger partial charge in [-0.1, -0.05) is 0 Å². The van der Waals surface area contributed by atoms with Crippen molar-refractivity contribution in [1.29, 1.82) is 0 Å². The summed E-state index contributed by atoms with van der Waals surface area (Å²) in [5.41, 5.74) is 0.871. The summed E-state index contributed by atoms with van der Waals surface area (Å²) >= 11 is 0. The number of aromatic nitrogens is 5. The monoisotopic (exact) mass is 511 g/mol. The second-order valence-electron chi connectivity index (χ2n) is 9.51. The second-order valence-corrected chi connectivity index (χ2v) is 9.51. The van der Waals surface area contributed by atoms with Gasteiger partial charge in [0.15, 0.2) is 5.82 Å². The van der Waals surface area contributed by atoms with Gasteiger partial charge in [0.05, 0.1) is 18.3 Å². The van der Waals surface area contributed by atoms with E-state index in [1.165, 1.54) is 0 Å². The van der Waals surface area contributed by atoms with E-state index in [1.807, 2.05) is 6.92 Å². The number of nitrogens with zero attached hydrogens (tertiary/aromatic N) is 5. The van der Waals surface area contributed by atoms with Crippen LogP contribution in [0.4, 0.5) is 24.8 Å². The van der Waals surface area contributed by atoms with E-state index in [2.05, 4.69) is 30.7 Å². The van der Waals surface area contributed by atoms with Gasteiger partial charge < -0.3 is 20.1 Å². The summed E-state index contributed by atoms with van der Waals surface area (Å²) in [7, 11) is 0. The van der Waals surface area contributed by atoms with Gasteiger partial charge in [-0.25, -0.2) is 19.5 Å². The van der Waals surface area contributed by atoms with E-state index in [4.69, 9.17) is 9.47 Å². The fourth-order valence-corrected chi connectivity index (χ4v) is 4.86. The van der Waals surface area contributed by atoms with E-state index >= 15 is 0 Å². The van der Waals surface area contributed by atoms with Gasteiger partial charge in [0.2, 0.25) is 0 Å². The zero-order valence-electron chi connectivity index (χ0n) is 20.1. The quantitative estimate of drug-likeness (QED) is 0.400. The minimum Gasteiger partial charge on any atom is -0.488 e. The summed E-state index contributed by atoms with van der Waals surface area (Å²) < 4.78 is 54.1. The molecule has 37 heavy (non-hydrogen) atoms. The molecule has 0 saturated carbocycles. The molecule has 0 aliphatic carbocycles. The zero-order chi connectivity index (χ0) is 25.8. The smallest absolute Gasteiger partial charge is 0.433 e. The third kappa shape index (κ3) is 4.69. The average Bonchev–Trinajstić information content (AvgIpc) is 3.55. The lowest BCUT2D eigenvalue weighted by Gasteiger charge is -2.27. The maximum atomic E-state index is 13.5. The fourth-order valence-electron chi connectivity index (χ4n) is 4.86. The molecule has 4 aromatic heterocycles. The molecule has 0 aromatic carbocycles. The molecular weight excluding hydrogens is 487 g/mol. The number of ether oxygens (including phenoxy) is 2. The van der Waals surface area contributed by atoms with Crippen molar-refractivity contribution in [3.05, 3.63) is 59.9 Å². The molecule has 9 nitrogen and oxygen atoms in total. The molecule has 6 rings (SSSR count). The lowest BCUT2D eigenvalue weighted by atomic mass is 10.0. The Hall–Kier alpha value is -3.77. The van der Waals surface area contributed by atoms with Crippen molar-refractivity contribution in [3.63, 3.8) is 0 Å². The maximum Gasteiger partial charge on any atom is 0.433 e. The van der Waals surface area contributed by atoms with Gasteiger partial charge >= 0.3 is 6.18 Å². The molecule has 6 heterocycles. The van der Waals surface area contributed by atoms with Crippen LogP contribution in [0, 0.1) is 13.8 Å². The Morgan fingerprint density at radius 1 is 1.19 bits per heavy atom. The van der Waals surface area contributed by atoms with Crippen LogP contribution in [0.15, 0.2) is 42.7 Å². The molecule has 2 fully saturated rings. The van der Waals surface area contributed by atoms with Crippen molar-refractivity contribution in [2.75, 3.05) is 25.1 Å². The molecule has 2 aliphatic heterocycles. The molecule has 2 atom stereocenters. The van der Waals surface area contributed by atoms with Gasteiger partial charge in [-0.3, -0.25) is 0 Å². The second kappa shape index (κ2) is 8.67. The Morgan fingerprint density at radius 2 is 2.05 bits per heavy atom. The number of hydrogen-bond acceptors (Lipinski definition) is 8. The van der Waals surface area contributed by atoms with Crippen LogP contribution in [0.25, 0.3) is 16.6 Å². The van der Waals surface area contributed by atoms with E-state index in [0.717, 1.165) is 24.4 Å². The van der Waals surface area contributed by atoms with Crippen LogP contribution in [0.3, 0.4) is 0 Å². The molecule has 0 unspecified atom stereocenters. The average molecular weight is 512 g/mol. The van der Waals surface area contributed by atoms with E-state index in [0.29, 0.717) is 47.3 Å². The molecule has 0 spiro atoms. The van der Waals surface area contributed by atoms with Crippen LogP contribution in [0.5, 0.6) is 5.75 Å². The largest absolute Gasteiger partial charge is 0.488 e. The SMILES string of the molecule is Cc1cc(Nc2cc3cc(-c4cc(C(F)(F)F)ncc4OC[C@@]45CN[C@@H](CO4)C5)ccn3n2)nc(C)n1. The Morgan fingerprint density at radius 3 is 2.76 bits per heavy atom. The Balaban J connectivity index is 1.33. The van der Waals surface area contributed by atoms with Crippen molar-refractivity contribution >= 4 is 17.2 Å². The number of pyridine rings is 2. The molecule has 192 valence electrons. The number of fused-ring (bicyclic) bond motifs is 3. The highest BCUT2D eigenvalue weighted by Crippen LogP contribution is 2.38. The zero-order valence-corrected chi connectivity index (χ0v) is 20.1. The topological polar surface area (TPSA) is 98.5 Å². The molecule has 2 bridgehead atoms. The summed E-state index contributed by atoms with van der Waals surface area (Å²) in [6, 6.07) is 8.36. The Labute approximate surface area is 210 Å². The number of hydrogen-bond donors (Lipinski definition) is 2. The maximum absolute atomic E-state index is 13.5. The number of morpholine rings is 1. The molecule has 0 radical (unpaired) electrons. The first-order valence-corrected chi connectivity index (χ1v) is 11.8. The minimum absolute atomic E-state index is 0.220. The number of halogens is 3. The molecule has 2 aliphatic rings. The predicted octanol–water partition coefficient (Wildman–Crippen LogP) is 4.08. The number of rotatable bonds is 6. The van der Waals surface area contributed by atoms with E-state index < -0.39 is 17.5 Å². The number of alkyl halides is 3. The van der Waals surface area contributed by atoms with Gasteiger partial charge in [0.1, 0.15) is 35.3 Å². The van der Waals surface area contributed by atoms with Gasteiger partial charge in [0.25, 0.3) is 0 Å². The first-order valence-electron chi connectivity index (χ1n) is 11.8. The van der Waals surface area contributed by atoms with Crippen LogP contribution in [0.2, 0.25) is 0 Å². The third-order valence-electron chi connectivity index (χ3n) is 6.57. The highest BCUT2D eigenvalue weighted by molar-refractivity contribution is 5.75. The molecule has 4 aromatic rings. The summed E-state index contributed by atoms with van der Waals surface area (Å²) in [5, 5.41) is 11.0. The van der Waals surface area contributed by atoms with E-state index in [1.54, 1.807) is 41.9 Å². The summed E-state index contributed by atoms with van der Waals surface area (Å²) in [5.74, 6) is 2.03. The highest BCUT2D eigenvalue weighted by Gasteiger charge is 2.47. The normalized spacial score (nSPS) is 21.1. The minimum atomic E-state index is -4.59. The number of nitrogens with one attached hydrogen (secondary N) is 2. The van der Waals surface area contributed by atoms with Crippen LogP contribution < -0.4 is 15.4 Å². The van der Waals surface area contributed by atoms with Crippen LogP contribution >= 0.6 is 0 Å². The van der Waals surface area contributed by atoms with Crippen LogP contribution in [0.1, 0.15) is 23.6 Å². The van der Waals surface area contributed by atoms with Crippen molar-refractivity contribution in [2.24, 2.45) is 0 Å². The standard InChI is InChI=1S/C25H24F3N7O2/c1-14-5-22(32-15(2)31-14)33-23-7-18-6-16(3-4-35(18)34-23)19-8-21(25(26,27)28)29-10-20(19)36-13-24-9-17(11-37-24)30-12-24/h3-8,10,17,30H,9,11-13H2,1-2H3,(H,31,32,33,34)/t17-,24-/m1/s1. The molecule has 12 heteroatoms. The highest BCUT2D eigenvalue weighted by atomic mass is 19.4. The van der Waals surface area contributed by atoms with Gasteiger partial charge in [-0.05, 0) is 44.0 Å². The van der Waals surface area contributed by atoms with E-state index in [9.17, 15) is 13.2 Å². The number of anilines is 2. The lowest BCUT2D eigenvalue weighted by Crippen LogP contribution is -2.43. The van der Waals surface area contributed by atoms with Crippen molar-refractivity contribution < 1.29 is 22.6 Å². The van der Waals surface area contributed by atoms with Gasteiger partial charge in [-0.15, -0.1) is 0 Å². The summed E-state index contributed by atoms with van der Waals surface area (Å²) in [6.45, 7) is 5.14.